The molecule has 4 heteroatoms. The predicted molar refractivity (Wildman–Crippen MR) is 44.7 cm³/mol. The first kappa shape index (κ1) is 10.4. The van der Waals surface area contributed by atoms with Crippen molar-refractivity contribution >= 4 is 10.1 Å². The van der Waals surface area contributed by atoms with E-state index < -0.39 is 10.1 Å². The minimum absolute atomic E-state index is 0.0562. The number of rotatable bonds is 3. The highest BCUT2D eigenvalue weighted by Gasteiger charge is 2.07. The number of hydrogen-bond donors (Lipinski definition) is 1. The number of hydrogen-bond acceptors (Lipinski definition) is 2. The van der Waals surface area contributed by atoms with Gasteiger partial charge in [0.05, 0.1) is 4.91 Å². The van der Waals surface area contributed by atoms with Crippen LogP contribution in [0.4, 0.5) is 0 Å². The average Bonchev–Trinajstić information content (AvgIpc) is 1.87. The fraction of sp³-hybridized carbons (Fsp3) is 0.429. The Morgan fingerprint density at radius 3 is 2.36 bits per heavy atom. The Kier molecular flexibility index (Phi) is 4.07. The van der Waals surface area contributed by atoms with Crippen molar-refractivity contribution in [2.45, 2.75) is 20.3 Å². The molecule has 0 fully saturated rings. The normalized spacial score (nSPS) is 14.3. The molecule has 0 atom stereocenters. The lowest BCUT2D eigenvalue weighted by molar-refractivity contribution is 0.492. The Balaban J connectivity index is 4.61. The largest absolute Gasteiger partial charge is 0.294 e. The van der Waals surface area contributed by atoms with E-state index in [0.29, 0.717) is 0 Å². The van der Waals surface area contributed by atoms with E-state index in [1.165, 1.54) is 12.2 Å². The van der Waals surface area contributed by atoms with Crippen LogP contribution in [0.2, 0.25) is 0 Å². The van der Waals surface area contributed by atoms with Gasteiger partial charge in [0.2, 0.25) is 0 Å². The highest BCUT2D eigenvalue weighted by atomic mass is 32.2. The first-order chi connectivity index (χ1) is 5.02. The number of allylic oxidation sites excluding steroid dienone is 3. The van der Waals surface area contributed by atoms with Gasteiger partial charge in [-0.15, -0.1) is 0 Å². The molecule has 3 nitrogen and oxygen atoms in total. The topological polar surface area (TPSA) is 54.4 Å². The van der Waals surface area contributed by atoms with Gasteiger partial charge in [0.15, 0.2) is 0 Å². The van der Waals surface area contributed by atoms with E-state index in [1.807, 2.05) is 6.92 Å². The maximum atomic E-state index is 10.5. The minimum Gasteiger partial charge on any atom is -0.282 e. The molecule has 0 bridgehead atoms. The molecule has 0 saturated heterocycles. The van der Waals surface area contributed by atoms with E-state index >= 15 is 0 Å². The molecule has 64 valence electrons. The van der Waals surface area contributed by atoms with Crippen molar-refractivity contribution in [3.05, 3.63) is 23.1 Å². The molecular weight excluding hydrogens is 164 g/mol. The minimum atomic E-state index is -4.01. The molecule has 0 rings (SSSR count). The van der Waals surface area contributed by atoms with Crippen LogP contribution in [0.1, 0.15) is 20.3 Å². The summed E-state index contributed by atoms with van der Waals surface area (Å²) in [7, 11) is -4.01. The molecule has 0 saturated carbocycles. The highest BCUT2D eigenvalue weighted by molar-refractivity contribution is 7.90. The zero-order chi connectivity index (χ0) is 8.91. The fourth-order valence-electron chi connectivity index (χ4n) is 0.565. The van der Waals surface area contributed by atoms with Crippen molar-refractivity contribution in [2.24, 2.45) is 0 Å². The van der Waals surface area contributed by atoms with Crippen molar-refractivity contribution in [1.29, 1.82) is 0 Å². The van der Waals surface area contributed by atoms with Gasteiger partial charge in [0.1, 0.15) is 0 Å². The summed E-state index contributed by atoms with van der Waals surface area (Å²) < 4.78 is 29.6. The molecule has 0 aromatic rings. The molecule has 0 aliphatic carbocycles. The summed E-state index contributed by atoms with van der Waals surface area (Å²) in [5.41, 5.74) is 0. The van der Waals surface area contributed by atoms with Crippen LogP contribution in [0.5, 0.6) is 0 Å². The molecule has 0 spiro atoms. The highest BCUT2D eigenvalue weighted by Crippen LogP contribution is 2.05. The second-order valence-corrected chi connectivity index (χ2v) is 3.40. The SMILES string of the molecule is C/C=C(\C=C/CC)S(=O)(=O)O. The second-order valence-electron chi connectivity index (χ2n) is 1.98. The predicted octanol–water partition coefficient (Wildman–Crippen LogP) is 1.74. The van der Waals surface area contributed by atoms with E-state index in [0.717, 1.165) is 6.42 Å². The lowest BCUT2D eigenvalue weighted by atomic mass is 10.4. The zero-order valence-electron chi connectivity index (χ0n) is 6.61. The summed E-state index contributed by atoms with van der Waals surface area (Å²) in [6, 6.07) is 0. The monoisotopic (exact) mass is 176 g/mol. The molecule has 0 aromatic carbocycles. The summed E-state index contributed by atoms with van der Waals surface area (Å²) >= 11 is 0. The third-order valence-corrected chi connectivity index (χ3v) is 2.07. The van der Waals surface area contributed by atoms with Gasteiger partial charge in [0.25, 0.3) is 10.1 Å². The molecule has 11 heavy (non-hydrogen) atoms. The van der Waals surface area contributed by atoms with Crippen LogP contribution in [0.3, 0.4) is 0 Å². The smallest absolute Gasteiger partial charge is 0.282 e. The standard InChI is InChI=1S/C7H12O3S/c1-3-5-6-7(4-2)11(8,9)10/h4-6H,3H2,1-2H3,(H,8,9,10)/b6-5-,7-4+. The average molecular weight is 176 g/mol. The molecule has 0 aromatic heterocycles. The molecule has 1 N–H and O–H groups in total. The van der Waals surface area contributed by atoms with Gasteiger partial charge in [-0.3, -0.25) is 4.55 Å². The van der Waals surface area contributed by atoms with Crippen LogP contribution in [-0.4, -0.2) is 13.0 Å². The quantitative estimate of drug-likeness (QED) is 0.526. The molecule has 0 aliphatic heterocycles. The Labute approximate surface area is 67.2 Å². The first-order valence-electron chi connectivity index (χ1n) is 3.32. The fourth-order valence-corrected chi connectivity index (χ4v) is 1.13. The van der Waals surface area contributed by atoms with Crippen LogP contribution >= 0.6 is 0 Å². The summed E-state index contributed by atoms with van der Waals surface area (Å²) in [4.78, 5) is -0.0562. The van der Waals surface area contributed by atoms with E-state index in [4.69, 9.17) is 4.55 Å². The maximum Gasteiger partial charge on any atom is 0.294 e. The van der Waals surface area contributed by atoms with Gasteiger partial charge in [-0.05, 0) is 19.4 Å². The maximum absolute atomic E-state index is 10.5. The van der Waals surface area contributed by atoms with Gasteiger partial charge in [-0.1, -0.05) is 19.1 Å². The molecular formula is C7H12O3S. The third kappa shape index (κ3) is 3.95. The Hall–Kier alpha value is -0.610. The van der Waals surface area contributed by atoms with Gasteiger partial charge < -0.3 is 0 Å². The third-order valence-electron chi connectivity index (χ3n) is 1.10. The molecule has 0 amide bonds. The molecule has 0 unspecified atom stereocenters. The van der Waals surface area contributed by atoms with Gasteiger partial charge >= 0.3 is 0 Å². The van der Waals surface area contributed by atoms with Gasteiger partial charge in [-0.25, -0.2) is 0 Å². The summed E-state index contributed by atoms with van der Waals surface area (Å²) in [6.07, 6.45) is 5.15. The first-order valence-corrected chi connectivity index (χ1v) is 4.76. The van der Waals surface area contributed by atoms with Gasteiger partial charge in [-0.2, -0.15) is 8.42 Å². The van der Waals surface area contributed by atoms with E-state index in [9.17, 15) is 8.42 Å². The van der Waals surface area contributed by atoms with Crippen molar-refractivity contribution < 1.29 is 13.0 Å². The Bertz CT molecular complexity index is 259. The van der Waals surface area contributed by atoms with E-state index in [1.54, 1.807) is 13.0 Å². The molecule has 0 heterocycles. The Morgan fingerprint density at radius 2 is 2.09 bits per heavy atom. The van der Waals surface area contributed by atoms with Crippen molar-refractivity contribution in [3.8, 4) is 0 Å². The zero-order valence-corrected chi connectivity index (χ0v) is 7.43. The van der Waals surface area contributed by atoms with Crippen LogP contribution in [0, 0.1) is 0 Å². The van der Waals surface area contributed by atoms with Crippen LogP contribution in [0.25, 0.3) is 0 Å². The molecule has 0 radical (unpaired) electrons. The van der Waals surface area contributed by atoms with Crippen molar-refractivity contribution in [1.82, 2.24) is 0 Å². The Morgan fingerprint density at radius 1 is 1.55 bits per heavy atom. The summed E-state index contributed by atoms with van der Waals surface area (Å²) in [5.74, 6) is 0. The summed E-state index contributed by atoms with van der Waals surface area (Å²) in [5, 5.41) is 0. The second kappa shape index (κ2) is 4.31. The van der Waals surface area contributed by atoms with Gasteiger partial charge in [0, 0.05) is 0 Å². The lowest BCUT2D eigenvalue weighted by Gasteiger charge is -1.93. The van der Waals surface area contributed by atoms with Crippen LogP contribution in [-0.2, 0) is 10.1 Å². The van der Waals surface area contributed by atoms with Crippen LogP contribution < -0.4 is 0 Å². The lowest BCUT2D eigenvalue weighted by Crippen LogP contribution is -1.98. The van der Waals surface area contributed by atoms with E-state index in [-0.39, 0.29) is 4.91 Å². The summed E-state index contributed by atoms with van der Waals surface area (Å²) in [6.45, 7) is 3.44. The van der Waals surface area contributed by atoms with Crippen molar-refractivity contribution in [3.63, 3.8) is 0 Å². The molecule has 0 aliphatic rings. The van der Waals surface area contributed by atoms with E-state index in [2.05, 4.69) is 0 Å². The van der Waals surface area contributed by atoms with Crippen LogP contribution in [0.15, 0.2) is 23.1 Å². The van der Waals surface area contributed by atoms with Crippen molar-refractivity contribution in [2.75, 3.05) is 0 Å².